The van der Waals surface area contributed by atoms with Crippen molar-refractivity contribution < 1.29 is 31.1 Å². The van der Waals surface area contributed by atoms with Gasteiger partial charge in [0.2, 0.25) is 5.95 Å². The Balaban J connectivity index is 1.38. The SMILES string of the molecule is Cn1c(Nc2cccc(C(F)(F)F)c2)nc2cc(Oc3ccnc(-c4ncc(C(F)(F)F)[nH]4)c3)ccc21. The van der Waals surface area contributed by atoms with E-state index in [1.807, 2.05) is 0 Å². The van der Waals surface area contributed by atoms with E-state index in [1.165, 1.54) is 30.5 Å². The lowest BCUT2D eigenvalue weighted by Crippen LogP contribution is -2.06. The van der Waals surface area contributed by atoms with Crippen LogP contribution < -0.4 is 10.1 Å². The van der Waals surface area contributed by atoms with Crippen molar-refractivity contribution in [2.45, 2.75) is 12.4 Å². The van der Waals surface area contributed by atoms with E-state index >= 15 is 0 Å². The van der Waals surface area contributed by atoms with Crippen LogP contribution in [0.1, 0.15) is 11.3 Å². The smallest absolute Gasteiger partial charge is 0.432 e. The molecular weight excluding hydrogens is 502 g/mol. The lowest BCUT2D eigenvalue weighted by Gasteiger charge is -2.10. The monoisotopic (exact) mass is 518 g/mol. The van der Waals surface area contributed by atoms with Gasteiger partial charge in [0.25, 0.3) is 0 Å². The maximum Gasteiger partial charge on any atom is 0.432 e. The molecule has 190 valence electrons. The fourth-order valence-electron chi connectivity index (χ4n) is 3.59. The lowest BCUT2D eigenvalue weighted by atomic mass is 10.2. The Labute approximate surface area is 204 Å². The summed E-state index contributed by atoms with van der Waals surface area (Å²) in [6, 6.07) is 12.7. The molecule has 0 unspecified atom stereocenters. The van der Waals surface area contributed by atoms with Crippen molar-refractivity contribution in [2.75, 3.05) is 5.32 Å². The molecule has 5 rings (SSSR count). The van der Waals surface area contributed by atoms with E-state index in [9.17, 15) is 26.3 Å². The zero-order valence-electron chi connectivity index (χ0n) is 18.8. The number of aryl methyl sites for hydroxylation is 1. The highest BCUT2D eigenvalue weighted by Gasteiger charge is 2.33. The molecular formula is C24H16F6N6O. The van der Waals surface area contributed by atoms with E-state index in [-0.39, 0.29) is 17.2 Å². The molecule has 2 aromatic carbocycles. The molecule has 0 aliphatic carbocycles. The lowest BCUT2D eigenvalue weighted by molar-refractivity contribution is -0.141. The van der Waals surface area contributed by atoms with Gasteiger partial charge in [0.1, 0.15) is 22.9 Å². The van der Waals surface area contributed by atoms with E-state index in [2.05, 4.69) is 25.3 Å². The number of rotatable bonds is 5. The van der Waals surface area contributed by atoms with E-state index < -0.39 is 23.6 Å². The first kappa shape index (κ1) is 24.2. The van der Waals surface area contributed by atoms with Gasteiger partial charge in [0.15, 0.2) is 5.82 Å². The molecule has 0 aliphatic heterocycles. The Morgan fingerprint density at radius 3 is 2.41 bits per heavy atom. The molecule has 37 heavy (non-hydrogen) atoms. The number of benzene rings is 2. The zero-order valence-corrected chi connectivity index (χ0v) is 18.8. The average Bonchev–Trinajstić information content (AvgIpc) is 3.45. The van der Waals surface area contributed by atoms with Gasteiger partial charge in [-0.3, -0.25) is 4.98 Å². The van der Waals surface area contributed by atoms with Gasteiger partial charge in [0.05, 0.1) is 22.8 Å². The summed E-state index contributed by atoms with van der Waals surface area (Å²) < 4.78 is 85.2. The Morgan fingerprint density at radius 1 is 0.892 bits per heavy atom. The van der Waals surface area contributed by atoms with Crippen molar-refractivity contribution in [2.24, 2.45) is 7.05 Å². The number of hydrogen-bond acceptors (Lipinski definition) is 5. The van der Waals surface area contributed by atoms with Crippen molar-refractivity contribution in [3.05, 3.63) is 78.2 Å². The van der Waals surface area contributed by atoms with Gasteiger partial charge >= 0.3 is 12.4 Å². The number of H-pyrrole nitrogens is 1. The highest BCUT2D eigenvalue weighted by atomic mass is 19.4. The molecule has 13 heteroatoms. The first-order chi connectivity index (χ1) is 17.5. The van der Waals surface area contributed by atoms with E-state index in [4.69, 9.17) is 4.74 Å². The number of nitrogens with one attached hydrogen (secondary N) is 2. The molecule has 0 spiro atoms. The summed E-state index contributed by atoms with van der Waals surface area (Å²) in [5.41, 5.74) is -0.212. The Morgan fingerprint density at radius 2 is 1.68 bits per heavy atom. The van der Waals surface area contributed by atoms with Crippen LogP contribution in [-0.4, -0.2) is 24.5 Å². The molecule has 0 atom stereocenters. The Bertz CT molecular complexity index is 1590. The summed E-state index contributed by atoms with van der Waals surface area (Å²) in [7, 11) is 1.71. The summed E-state index contributed by atoms with van der Waals surface area (Å²) in [5, 5.41) is 2.89. The van der Waals surface area contributed by atoms with Gasteiger partial charge in [-0.15, -0.1) is 0 Å². The number of imidazole rings is 2. The second-order valence-corrected chi connectivity index (χ2v) is 7.97. The minimum absolute atomic E-state index is 0.0664. The quantitative estimate of drug-likeness (QED) is 0.247. The molecule has 3 heterocycles. The highest BCUT2D eigenvalue weighted by molar-refractivity contribution is 5.81. The number of hydrogen-bond donors (Lipinski definition) is 2. The number of alkyl halides is 6. The number of aromatic nitrogens is 5. The first-order valence-electron chi connectivity index (χ1n) is 10.6. The number of nitrogens with zero attached hydrogens (tertiary/aromatic N) is 4. The van der Waals surface area contributed by atoms with E-state index in [1.54, 1.807) is 29.8 Å². The summed E-state index contributed by atoms with van der Waals surface area (Å²) in [6.45, 7) is 0. The third kappa shape index (κ3) is 5.06. The number of aromatic amines is 1. The second-order valence-electron chi connectivity index (χ2n) is 7.97. The van der Waals surface area contributed by atoms with Crippen LogP contribution in [0, 0.1) is 0 Å². The average molecular weight is 518 g/mol. The number of pyridine rings is 1. The summed E-state index contributed by atoms with van der Waals surface area (Å²) in [4.78, 5) is 14.4. The topological polar surface area (TPSA) is 80.7 Å². The molecule has 0 amide bonds. The van der Waals surface area contributed by atoms with Gasteiger partial charge in [-0.25, -0.2) is 9.97 Å². The summed E-state index contributed by atoms with van der Waals surface area (Å²) in [5.74, 6) is 0.926. The molecule has 7 nitrogen and oxygen atoms in total. The Hall–Kier alpha value is -4.55. The van der Waals surface area contributed by atoms with Crippen LogP contribution in [0.5, 0.6) is 11.5 Å². The summed E-state index contributed by atoms with van der Waals surface area (Å²) >= 11 is 0. The van der Waals surface area contributed by atoms with E-state index in [0.717, 1.165) is 12.1 Å². The molecule has 0 bridgehead atoms. The normalized spacial score (nSPS) is 12.2. The molecule has 0 fully saturated rings. The molecule has 0 radical (unpaired) electrons. The van der Waals surface area contributed by atoms with Crippen LogP contribution in [0.3, 0.4) is 0 Å². The predicted octanol–water partition coefficient (Wildman–Crippen LogP) is 6.93. The third-order valence-electron chi connectivity index (χ3n) is 5.39. The van der Waals surface area contributed by atoms with Gasteiger partial charge in [0, 0.05) is 31.1 Å². The fourth-order valence-corrected chi connectivity index (χ4v) is 3.59. The van der Waals surface area contributed by atoms with Gasteiger partial charge < -0.3 is 19.6 Å². The molecule has 2 N–H and O–H groups in total. The van der Waals surface area contributed by atoms with Crippen LogP contribution in [-0.2, 0) is 19.4 Å². The fraction of sp³-hybridized carbons (Fsp3) is 0.125. The van der Waals surface area contributed by atoms with Crippen LogP contribution in [0.15, 0.2) is 67.0 Å². The maximum absolute atomic E-state index is 13.0. The van der Waals surface area contributed by atoms with Crippen LogP contribution in [0.4, 0.5) is 38.0 Å². The Kier molecular flexibility index (Phi) is 5.77. The van der Waals surface area contributed by atoms with Crippen molar-refractivity contribution in [1.82, 2.24) is 24.5 Å². The van der Waals surface area contributed by atoms with Gasteiger partial charge in [-0.1, -0.05) is 6.07 Å². The molecule has 0 saturated heterocycles. The molecule has 0 saturated carbocycles. The summed E-state index contributed by atoms with van der Waals surface area (Å²) in [6.07, 6.45) is -6.98. The standard InChI is InChI=1S/C24H16F6N6O/c1-36-19-6-5-15(10-17(19)34-22(36)33-14-4-2-3-13(9-14)23(25,26)27)37-16-7-8-31-18(11-16)21-32-12-20(35-21)24(28,29)30/h2-12H,1H3,(H,32,35)(H,33,34). The minimum atomic E-state index is -4.56. The van der Waals surface area contributed by atoms with E-state index in [0.29, 0.717) is 34.7 Å². The van der Waals surface area contributed by atoms with Gasteiger partial charge in [-0.2, -0.15) is 26.3 Å². The van der Waals surface area contributed by atoms with Gasteiger partial charge in [-0.05, 0) is 36.4 Å². The van der Waals surface area contributed by atoms with Crippen LogP contribution >= 0.6 is 0 Å². The molecule has 0 aliphatic rings. The number of anilines is 2. The zero-order chi connectivity index (χ0) is 26.4. The predicted molar refractivity (Wildman–Crippen MR) is 122 cm³/mol. The molecule has 3 aromatic heterocycles. The third-order valence-corrected chi connectivity index (χ3v) is 5.39. The van der Waals surface area contributed by atoms with Crippen LogP contribution in [0.25, 0.3) is 22.6 Å². The number of fused-ring (bicyclic) bond motifs is 1. The van der Waals surface area contributed by atoms with Crippen molar-refractivity contribution in [3.63, 3.8) is 0 Å². The second kappa shape index (κ2) is 8.84. The molecule has 5 aromatic rings. The number of halogens is 6. The first-order valence-corrected chi connectivity index (χ1v) is 10.6. The van der Waals surface area contributed by atoms with Crippen LogP contribution in [0.2, 0.25) is 0 Å². The van der Waals surface area contributed by atoms with Crippen molar-refractivity contribution in [1.29, 1.82) is 0 Å². The number of ether oxygens (including phenoxy) is 1. The van der Waals surface area contributed by atoms with Crippen molar-refractivity contribution in [3.8, 4) is 23.0 Å². The maximum atomic E-state index is 13.0. The largest absolute Gasteiger partial charge is 0.457 e. The van der Waals surface area contributed by atoms with Crippen molar-refractivity contribution >= 4 is 22.7 Å². The highest BCUT2D eigenvalue weighted by Crippen LogP contribution is 2.33. The minimum Gasteiger partial charge on any atom is -0.457 e.